The number of tetrazole rings is 1. The predicted octanol–water partition coefficient (Wildman–Crippen LogP) is 1.00. The number of hydrogen-bond donors (Lipinski definition) is 0. The van der Waals surface area contributed by atoms with Crippen LogP contribution >= 0.6 is 0 Å². The number of hydrogen-bond acceptors (Lipinski definition) is 4. The zero-order valence-corrected chi connectivity index (χ0v) is 8.00. The molecule has 1 fully saturated rings. The molecular formula is C9H13N5. The lowest BCUT2D eigenvalue weighted by Crippen LogP contribution is -2.19. The Hall–Kier alpha value is -1.44. The molecule has 1 aromatic heterocycles. The molecule has 14 heavy (non-hydrogen) atoms. The van der Waals surface area contributed by atoms with Gasteiger partial charge in [0.15, 0.2) is 6.33 Å². The third-order valence-electron chi connectivity index (χ3n) is 2.84. The molecule has 1 saturated carbocycles. The summed E-state index contributed by atoms with van der Waals surface area (Å²) in [6, 6.07) is 2.33. The van der Waals surface area contributed by atoms with E-state index in [0.29, 0.717) is 5.92 Å². The molecule has 5 heteroatoms. The Labute approximate surface area is 82.7 Å². The van der Waals surface area contributed by atoms with E-state index in [0.717, 1.165) is 32.2 Å². The molecule has 0 saturated heterocycles. The van der Waals surface area contributed by atoms with Gasteiger partial charge in [-0.25, -0.2) is 0 Å². The van der Waals surface area contributed by atoms with Crippen molar-refractivity contribution in [1.29, 1.82) is 5.26 Å². The first-order valence-electron chi connectivity index (χ1n) is 4.99. The fourth-order valence-corrected chi connectivity index (χ4v) is 1.98. The number of rotatable bonds is 2. The SMILES string of the molecule is N#CC1CCC(Cn2ncnn2)CC1. The van der Waals surface area contributed by atoms with Gasteiger partial charge in [-0.2, -0.15) is 10.1 Å². The smallest absolute Gasteiger partial charge is 0.162 e. The minimum Gasteiger partial charge on any atom is -0.198 e. The fraction of sp³-hybridized carbons (Fsp3) is 0.778. The van der Waals surface area contributed by atoms with Gasteiger partial charge < -0.3 is 0 Å². The van der Waals surface area contributed by atoms with Gasteiger partial charge in [-0.1, -0.05) is 0 Å². The van der Waals surface area contributed by atoms with Crippen LogP contribution < -0.4 is 0 Å². The van der Waals surface area contributed by atoms with E-state index >= 15 is 0 Å². The molecule has 1 aliphatic rings. The molecule has 0 spiro atoms. The third kappa shape index (κ3) is 2.08. The molecule has 1 heterocycles. The van der Waals surface area contributed by atoms with Crippen LogP contribution in [-0.4, -0.2) is 20.2 Å². The Bertz CT molecular complexity index is 304. The van der Waals surface area contributed by atoms with Crippen molar-refractivity contribution in [2.75, 3.05) is 0 Å². The summed E-state index contributed by atoms with van der Waals surface area (Å²) < 4.78 is 0. The normalized spacial score (nSPS) is 27.1. The average molecular weight is 191 g/mol. The molecule has 0 bridgehead atoms. The molecule has 0 amide bonds. The molecule has 1 aliphatic carbocycles. The van der Waals surface area contributed by atoms with Crippen molar-refractivity contribution in [1.82, 2.24) is 20.2 Å². The minimum atomic E-state index is 0.273. The summed E-state index contributed by atoms with van der Waals surface area (Å²) in [5.41, 5.74) is 0. The lowest BCUT2D eigenvalue weighted by Gasteiger charge is -2.23. The van der Waals surface area contributed by atoms with E-state index < -0.39 is 0 Å². The molecule has 1 aromatic rings. The van der Waals surface area contributed by atoms with Crippen LogP contribution in [0.2, 0.25) is 0 Å². The van der Waals surface area contributed by atoms with Crippen LogP contribution in [-0.2, 0) is 6.54 Å². The molecule has 2 rings (SSSR count). The van der Waals surface area contributed by atoms with E-state index in [2.05, 4.69) is 21.5 Å². The Morgan fingerprint density at radius 2 is 2.14 bits per heavy atom. The van der Waals surface area contributed by atoms with Gasteiger partial charge in [0, 0.05) is 5.92 Å². The molecular weight excluding hydrogens is 178 g/mol. The standard InChI is InChI=1S/C9H13N5/c10-5-8-1-3-9(4-2-8)6-14-12-7-11-13-14/h7-9H,1-4,6H2. The molecule has 5 nitrogen and oxygen atoms in total. The molecule has 0 aromatic carbocycles. The summed E-state index contributed by atoms with van der Waals surface area (Å²) in [6.45, 7) is 0.845. The first kappa shape index (κ1) is 9.13. The summed E-state index contributed by atoms with van der Waals surface area (Å²) in [7, 11) is 0. The minimum absolute atomic E-state index is 0.273. The number of nitriles is 1. The largest absolute Gasteiger partial charge is 0.198 e. The van der Waals surface area contributed by atoms with Gasteiger partial charge in [0.1, 0.15) is 0 Å². The van der Waals surface area contributed by atoms with Gasteiger partial charge in [-0.3, -0.25) is 0 Å². The quantitative estimate of drug-likeness (QED) is 0.699. The summed E-state index contributed by atoms with van der Waals surface area (Å²) in [5, 5.41) is 20.2. The van der Waals surface area contributed by atoms with E-state index in [4.69, 9.17) is 5.26 Å². The molecule has 0 radical (unpaired) electrons. The van der Waals surface area contributed by atoms with Gasteiger partial charge in [0.2, 0.25) is 0 Å². The first-order valence-corrected chi connectivity index (χ1v) is 4.99. The predicted molar refractivity (Wildman–Crippen MR) is 48.9 cm³/mol. The van der Waals surface area contributed by atoms with E-state index in [1.165, 1.54) is 6.33 Å². The second-order valence-electron chi connectivity index (χ2n) is 3.84. The topological polar surface area (TPSA) is 67.4 Å². The van der Waals surface area contributed by atoms with Crippen LogP contribution in [0.25, 0.3) is 0 Å². The van der Waals surface area contributed by atoms with Crippen LogP contribution in [0.5, 0.6) is 0 Å². The zero-order valence-electron chi connectivity index (χ0n) is 8.00. The Morgan fingerprint density at radius 3 is 2.71 bits per heavy atom. The summed E-state index contributed by atoms with van der Waals surface area (Å²) in [5.74, 6) is 0.892. The van der Waals surface area contributed by atoms with Crippen LogP contribution in [0, 0.1) is 23.2 Å². The van der Waals surface area contributed by atoms with E-state index in [-0.39, 0.29) is 5.92 Å². The molecule has 74 valence electrons. The number of nitrogens with zero attached hydrogens (tertiary/aromatic N) is 5. The maximum Gasteiger partial charge on any atom is 0.162 e. The van der Waals surface area contributed by atoms with Gasteiger partial charge in [0.25, 0.3) is 0 Å². The van der Waals surface area contributed by atoms with Crippen molar-refractivity contribution in [3.63, 3.8) is 0 Å². The molecule has 0 N–H and O–H groups in total. The zero-order chi connectivity index (χ0) is 9.80. The van der Waals surface area contributed by atoms with Gasteiger partial charge in [0.05, 0.1) is 12.6 Å². The second-order valence-corrected chi connectivity index (χ2v) is 3.84. The van der Waals surface area contributed by atoms with Crippen LogP contribution in [0.1, 0.15) is 25.7 Å². The highest BCUT2D eigenvalue weighted by atomic mass is 15.6. The lowest BCUT2D eigenvalue weighted by molar-refractivity contribution is 0.264. The monoisotopic (exact) mass is 191 g/mol. The van der Waals surface area contributed by atoms with Crippen molar-refractivity contribution in [2.45, 2.75) is 32.2 Å². The Balaban J connectivity index is 1.82. The van der Waals surface area contributed by atoms with Crippen molar-refractivity contribution in [3.05, 3.63) is 6.33 Å². The molecule has 0 aliphatic heterocycles. The van der Waals surface area contributed by atoms with Crippen LogP contribution in [0.15, 0.2) is 6.33 Å². The maximum absolute atomic E-state index is 8.74. The van der Waals surface area contributed by atoms with Crippen molar-refractivity contribution in [3.8, 4) is 6.07 Å². The van der Waals surface area contributed by atoms with Crippen molar-refractivity contribution >= 4 is 0 Å². The lowest BCUT2D eigenvalue weighted by atomic mass is 9.83. The average Bonchev–Trinajstić information content (AvgIpc) is 2.72. The third-order valence-corrected chi connectivity index (χ3v) is 2.84. The molecule has 0 unspecified atom stereocenters. The Kier molecular flexibility index (Phi) is 2.73. The number of aromatic nitrogens is 4. The van der Waals surface area contributed by atoms with Crippen molar-refractivity contribution < 1.29 is 0 Å². The highest BCUT2D eigenvalue weighted by Crippen LogP contribution is 2.28. The van der Waals surface area contributed by atoms with E-state index in [1.807, 2.05) is 0 Å². The summed E-state index contributed by atoms with van der Waals surface area (Å²) >= 11 is 0. The summed E-state index contributed by atoms with van der Waals surface area (Å²) in [4.78, 5) is 1.64. The van der Waals surface area contributed by atoms with Crippen molar-refractivity contribution in [2.24, 2.45) is 11.8 Å². The Morgan fingerprint density at radius 1 is 1.36 bits per heavy atom. The maximum atomic E-state index is 8.74. The van der Waals surface area contributed by atoms with Gasteiger partial charge in [-0.15, -0.1) is 10.2 Å². The summed E-state index contributed by atoms with van der Waals surface area (Å²) in [6.07, 6.45) is 5.73. The highest BCUT2D eigenvalue weighted by Gasteiger charge is 2.21. The fourth-order valence-electron chi connectivity index (χ4n) is 1.98. The van der Waals surface area contributed by atoms with Gasteiger partial charge in [-0.05, 0) is 36.8 Å². The van der Waals surface area contributed by atoms with Crippen LogP contribution in [0.4, 0.5) is 0 Å². The van der Waals surface area contributed by atoms with E-state index in [1.54, 1.807) is 4.80 Å². The first-order chi connectivity index (χ1) is 6.88. The van der Waals surface area contributed by atoms with Gasteiger partial charge >= 0.3 is 0 Å². The highest BCUT2D eigenvalue weighted by molar-refractivity contribution is 4.86. The van der Waals surface area contributed by atoms with E-state index in [9.17, 15) is 0 Å². The molecule has 0 atom stereocenters. The second kappa shape index (κ2) is 4.18. The van der Waals surface area contributed by atoms with Crippen LogP contribution in [0.3, 0.4) is 0 Å².